The molecule has 0 rings (SSSR count). The molecule has 0 saturated heterocycles. The van der Waals surface area contributed by atoms with Crippen molar-refractivity contribution >= 4 is 25.7 Å². The molecule has 0 spiro atoms. The first-order valence-corrected chi connectivity index (χ1v) is 20.4. The summed E-state index contributed by atoms with van der Waals surface area (Å²) < 4.78 is 32.5. The van der Waals surface area contributed by atoms with Gasteiger partial charge in [-0.15, -0.1) is 0 Å². The number of phosphoric ester groups is 1. The average Bonchev–Trinajstić information content (AvgIpc) is 3.07. The molecule has 0 saturated carbocycles. The van der Waals surface area contributed by atoms with Crippen LogP contribution in [-0.2, 0) is 37.5 Å². The fourth-order valence-corrected chi connectivity index (χ4v) is 5.70. The molecule has 0 heterocycles. The number of aliphatic carboxylic acids is 1. The summed E-state index contributed by atoms with van der Waals surface area (Å²) in [7, 11) is -4.71. The fourth-order valence-electron chi connectivity index (χ4n) is 4.92. The summed E-state index contributed by atoms with van der Waals surface area (Å²) in [6, 6.07) is -1.52. The minimum Gasteiger partial charge on any atom is -0.480 e. The Morgan fingerprint density at radius 3 is 1.63 bits per heavy atom. The Morgan fingerprint density at radius 2 is 1.08 bits per heavy atom. The van der Waals surface area contributed by atoms with Crippen molar-refractivity contribution in [2.24, 2.45) is 5.73 Å². The van der Waals surface area contributed by atoms with Gasteiger partial charge in [-0.3, -0.25) is 23.4 Å². The van der Waals surface area contributed by atoms with Gasteiger partial charge in [0.15, 0.2) is 6.10 Å². The van der Waals surface area contributed by atoms with E-state index in [1.54, 1.807) is 0 Å². The Labute approximate surface area is 296 Å². The third-order valence-electron chi connectivity index (χ3n) is 7.95. The minimum atomic E-state index is -4.71. The number of carboxylic acids is 1. The quantitative estimate of drug-likeness (QED) is 0.0247. The number of nitrogens with two attached hydrogens (primary N) is 1. The number of carbonyl (C=O) groups excluding carboxylic acids is 2. The minimum absolute atomic E-state index is 0.147. The first kappa shape index (κ1) is 47.0. The van der Waals surface area contributed by atoms with Crippen molar-refractivity contribution in [1.82, 2.24) is 0 Å². The Bertz CT molecular complexity index is 942. The van der Waals surface area contributed by atoms with Crippen LogP contribution in [0, 0.1) is 0 Å². The van der Waals surface area contributed by atoms with Gasteiger partial charge in [0.1, 0.15) is 12.6 Å². The van der Waals surface area contributed by atoms with E-state index >= 15 is 0 Å². The molecule has 1 unspecified atom stereocenters. The van der Waals surface area contributed by atoms with Crippen LogP contribution in [0.3, 0.4) is 0 Å². The molecule has 0 aromatic heterocycles. The number of ether oxygens (including phenoxy) is 2. The zero-order valence-electron chi connectivity index (χ0n) is 30.5. The van der Waals surface area contributed by atoms with Crippen LogP contribution in [0.4, 0.5) is 0 Å². The van der Waals surface area contributed by atoms with Crippen LogP contribution in [0.2, 0.25) is 0 Å². The molecule has 4 N–H and O–H groups in total. The van der Waals surface area contributed by atoms with Crippen molar-refractivity contribution < 1.29 is 47.5 Å². The highest BCUT2D eigenvalue weighted by Gasteiger charge is 2.28. The fraction of sp³-hybridized carbons (Fsp3) is 0.811. The molecule has 286 valence electrons. The summed E-state index contributed by atoms with van der Waals surface area (Å²) >= 11 is 0. The van der Waals surface area contributed by atoms with Crippen molar-refractivity contribution in [3.63, 3.8) is 0 Å². The molecular formula is C37H68NO10P. The number of hydrogen-bond acceptors (Lipinski definition) is 9. The van der Waals surface area contributed by atoms with Gasteiger partial charge in [-0.05, 0) is 44.9 Å². The molecule has 49 heavy (non-hydrogen) atoms. The maximum absolute atomic E-state index is 12.5. The molecule has 0 bridgehead atoms. The van der Waals surface area contributed by atoms with Crippen molar-refractivity contribution in [3.8, 4) is 0 Å². The van der Waals surface area contributed by atoms with Crippen LogP contribution in [0.15, 0.2) is 24.3 Å². The van der Waals surface area contributed by atoms with Gasteiger partial charge >= 0.3 is 25.7 Å². The molecule has 0 amide bonds. The lowest BCUT2D eigenvalue weighted by Gasteiger charge is -2.20. The Hall–Kier alpha value is -2.04. The lowest BCUT2D eigenvalue weighted by molar-refractivity contribution is -0.161. The highest BCUT2D eigenvalue weighted by Crippen LogP contribution is 2.43. The largest absolute Gasteiger partial charge is 0.480 e. The summed E-state index contributed by atoms with van der Waals surface area (Å²) in [5, 5.41) is 8.85. The molecule has 12 heteroatoms. The van der Waals surface area contributed by atoms with Gasteiger partial charge in [0.25, 0.3) is 0 Å². The van der Waals surface area contributed by atoms with E-state index in [0.29, 0.717) is 12.8 Å². The van der Waals surface area contributed by atoms with Crippen molar-refractivity contribution in [3.05, 3.63) is 24.3 Å². The van der Waals surface area contributed by atoms with Gasteiger partial charge in [0, 0.05) is 12.8 Å². The summed E-state index contributed by atoms with van der Waals surface area (Å²) in [6.07, 6.45) is 31.1. The van der Waals surface area contributed by atoms with Crippen molar-refractivity contribution in [1.29, 1.82) is 0 Å². The van der Waals surface area contributed by atoms with Gasteiger partial charge in [-0.25, -0.2) is 4.57 Å². The summed E-state index contributed by atoms with van der Waals surface area (Å²) in [5.41, 5.74) is 5.31. The van der Waals surface area contributed by atoms with Crippen LogP contribution in [0.1, 0.15) is 162 Å². The number of carboxylic acid groups (broad SMARTS) is 1. The van der Waals surface area contributed by atoms with E-state index < -0.39 is 51.1 Å². The first-order valence-electron chi connectivity index (χ1n) is 18.9. The summed E-state index contributed by atoms with van der Waals surface area (Å²) in [5.74, 6) is -2.40. The van der Waals surface area contributed by atoms with Crippen LogP contribution >= 0.6 is 7.82 Å². The van der Waals surface area contributed by atoms with E-state index in [0.717, 1.165) is 64.2 Å². The molecule has 0 aliphatic heterocycles. The monoisotopic (exact) mass is 717 g/mol. The molecule has 3 atom stereocenters. The van der Waals surface area contributed by atoms with E-state index in [-0.39, 0.29) is 19.4 Å². The normalized spacial score (nSPS) is 14.2. The molecule has 0 aromatic carbocycles. The average molecular weight is 718 g/mol. The van der Waals surface area contributed by atoms with E-state index in [1.807, 2.05) is 0 Å². The zero-order chi connectivity index (χ0) is 36.4. The van der Waals surface area contributed by atoms with E-state index in [4.69, 9.17) is 24.8 Å². The SMILES string of the molecule is CCCCC/C=C\C/C=C\CCCCCCCC(=O)O[C@H](COC(=O)CCCCCCCCCCCC)COP(=O)(O)OC[C@H](N)C(=O)O. The van der Waals surface area contributed by atoms with E-state index in [2.05, 4.69) is 42.7 Å². The predicted octanol–water partition coefficient (Wildman–Crippen LogP) is 9.11. The van der Waals surface area contributed by atoms with Crippen molar-refractivity contribution in [2.75, 3.05) is 19.8 Å². The number of hydrogen-bond donors (Lipinski definition) is 3. The van der Waals surface area contributed by atoms with Gasteiger partial charge in [0.2, 0.25) is 0 Å². The number of esters is 2. The lowest BCUT2D eigenvalue weighted by Crippen LogP contribution is -2.34. The third-order valence-corrected chi connectivity index (χ3v) is 8.90. The second kappa shape index (κ2) is 33.1. The number of rotatable bonds is 35. The molecule has 0 aromatic rings. The summed E-state index contributed by atoms with van der Waals surface area (Å²) in [6.45, 7) is 2.72. The first-order chi connectivity index (χ1) is 23.6. The van der Waals surface area contributed by atoms with Crippen LogP contribution < -0.4 is 5.73 Å². The van der Waals surface area contributed by atoms with Crippen LogP contribution in [-0.4, -0.2) is 59.9 Å². The Morgan fingerprint density at radius 1 is 0.633 bits per heavy atom. The lowest BCUT2D eigenvalue weighted by atomic mass is 10.1. The molecule has 11 nitrogen and oxygen atoms in total. The van der Waals surface area contributed by atoms with Crippen LogP contribution in [0.5, 0.6) is 0 Å². The highest BCUT2D eigenvalue weighted by molar-refractivity contribution is 7.47. The number of phosphoric acid groups is 1. The second-order valence-corrected chi connectivity index (χ2v) is 14.2. The number of allylic oxidation sites excluding steroid dienone is 4. The van der Waals surface area contributed by atoms with Gasteiger partial charge in [0.05, 0.1) is 13.2 Å². The summed E-state index contributed by atoms with van der Waals surface area (Å²) in [4.78, 5) is 45.7. The molecule has 0 radical (unpaired) electrons. The molecule has 0 aliphatic rings. The van der Waals surface area contributed by atoms with Crippen LogP contribution in [0.25, 0.3) is 0 Å². The molecular weight excluding hydrogens is 649 g/mol. The second-order valence-electron chi connectivity index (χ2n) is 12.7. The topological polar surface area (TPSA) is 172 Å². The molecule has 0 fully saturated rings. The van der Waals surface area contributed by atoms with Gasteiger partial charge in [-0.1, -0.05) is 128 Å². The van der Waals surface area contributed by atoms with E-state index in [9.17, 15) is 23.8 Å². The predicted molar refractivity (Wildman–Crippen MR) is 194 cm³/mol. The van der Waals surface area contributed by atoms with Crippen molar-refractivity contribution in [2.45, 2.75) is 174 Å². The number of carbonyl (C=O) groups is 3. The smallest absolute Gasteiger partial charge is 0.472 e. The zero-order valence-corrected chi connectivity index (χ0v) is 31.4. The molecule has 0 aliphatic carbocycles. The van der Waals surface area contributed by atoms with Gasteiger partial charge in [-0.2, -0.15) is 0 Å². The Balaban J connectivity index is 4.47. The highest BCUT2D eigenvalue weighted by atomic mass is 31.2. The number of unbranched alkanes of at least 4 members (excludes halogenated alkanes) is 17. The maximum Gasteiger partial charge on any atom is 0.472 e. The maximum atomic E-state index is 12.5. The van der Waals surface area contributed by atoms with Gasteiger partial charge < -0.3 is 25.2 Å². The third kappa shape index (κ3) is 32.9. The van der Waals surface area contributed by atoms with E-state index in [1.165, 1.54) is 57.8 Å². The standard InChI is InChI=1S/C37H68NO10P/c1-3-5-7-9-11-13-15-16-17-18-19-21-23-25-27-29-36(40)48-33(31-46-49(43,44)47-32-34(38)37(41)42)30-45-35(39)28-26-24-22-20-14-12-10-8-6-4-2/h11,13,16-17,33-34H,3-10,12,14-15,18-32,38H2,1-2H3,(H,41,42)(H,43,44)/b13-11-,17-16-/t33-,34+/m1/s1. The Kier molecular flexibility index (Phi) is 31.7.